The molecule has 24 heavy (non-hydrogen) atoms. The summed E-state index contributed by atoms with van der Waals surface area (Å²) in [4.78, 5) is 19.7. The number of rotatable bonds is 4. The number of aromatic nitrogens is 3. The van der Waals surface area contributed by atoms with E-state index in [0.717, 1.165) is 43.0 Å². The van der Waals surface area contributed by atoms with E-state index in [1.54, 1.807) is 6.33 Å². The monoisotopic (exact) mass is 343 g/mol. The number of nitrogens with zero attached hydrogens (tertiary/aromatic N) is 5. The predicted molar refractivity (Wildman–Crippen MR) is 97.4 cm³/mol. The summed E-state index contributed by atoms with van der Waals surface area (Å²) in [7, 11) is 0. The molecule has 6 heteroatoms. The first-order valence-corrected chi connectivity index (χ1v) is 9.60. The molecule has 4 rings (SSSR count). The first-order chi connectivity index (χ1) is 11.6. The smallest absolute Gasteiger partial charge is 0.132 e. The number of aryl methyl sites for hydroxylation is 1. The minimum absolute atomic E-state index is 0.451. The van der Waals surface area contributed by atoms with Crippen LogP contribution in [0.25, 0.3) is 0 Å². The van der Waals surface area contributed by atoms with Crippen molar-refractivity contribution in [2.24, 2.45) is 11.8 Å². The van der Waals surface area contributed by atoms with E-state index in [1.807, 2.05) is 17.5 Å². The van der Waals surface area contributed by atoms with E-state index in [1.165, 1.54) is 23.0 Å². The molecule has 0 aliphatic carbocycles. The topological polar surface area (TPSA) is 45.2 Å². The minimum atomic E-state index is 0.451. The largest absolute Gasteiger partial charge is 0.356 e. The van der Waals surface area contributed by atoms with Crippen LogP contribution < -0.4 is 4.90 Å². The Labute approximate surface area is 147 Å². The zero-order valence-corrected chi connectivity index (χ0v) is 15.5. The molecule has 0 radical (unpaired) electrons. The maximum atomic E-state index is 4.52. The molecule has 2 saturated heterocycles. The molecular weight excluding hydrogens is 318 g/mol. The second-order valence-corrected chi connectivity index (χ2v) is 8.74. The molecule has 2 aromatic rings. The molecule has 0 aromatic carbocycles. The van der Waals surface area contributed by atoms with Gasteiger partial charge in [-0.2, -0.15) is 0 Å². The van der Waals surface area contributed by atoms with E-state index in [4.69, 9.17) is 0 Å². The molecule has 0 amide bonds. The van der Waals surface area contributed by atoms with Gasteiger partial charge in [-0.05, 0) is 24.7 Å². The maximum Gasteiger partial charge on any atom is 0.132 e. The van der Waals surface area contributed by atoms with Crippen molar-refractivity contribution in [3.63, 3.8) is 0 Å². The number of fused-ring (bicyclic) bond motifs is 1. The average molecular weight is 344 g/mol. The van der Waals surface area contributed by atoms with Gasteiger partial charge in [0.2, 0.25) is 0 Å². The van der Waals surface area contributed by atoms with Gasteiger partial charge in [0, 0.05) is 55.6 Å². The molecule has 128 valence electrons. The van der Waals surface area contributed by atoms with Gasteiger partial charge in [0.25, 0.3) is 0 Å². The summed E-state index contributed by atoms with van der Waals surface area (Å²) in [6.07, 6.45) is 3.76. The van der Waals surface area contributed by atoms with Crippen LogP contribution in [0.3, 0.4) is 0 Å². The van der Waals surface area contributed by atoms with E-state index >= 15 is 0 Å². The molecule has 0 bridgehead atoms. The summed E-state index contributed by atoms with van der Waals surface area (Å²) in [5, 5.41) is 1.17. The molecule has 0 spiro atoms. The van der Waals surface area contributed by atoms with Gasteiger partial charge in [-0.25, -0.2) is 15.0 Å². The summed E-state index contributed by atoms with van der Waals surface area (Å²) in [6.45, 7) is 12.1. The van der Waals surface area contributed by atoms with E-state index in [2.05, 4.69) is 51.6 Å². The molecule has 2 unspecified atom stereocenters. The van der Waals surface area contributed by atoms with Crippen LogP contribution in [-0.4, -0.2) is 46.0 Å². The van der Waals surface area contributed by atoms with Crippen molar-refractivity contribution in [3.8, 4) is 0 Å². The van der Waals surface area contributed by atoms with Gasteiger partial charge in [-0.1, -0.05) is 13.8 Å². The van der Waals surface area contributed by atoms with E-state index in [-0.39, 0.29) is 0 Å². The van der Waals surface area contributed by atoms with E-state index in [0.29, 0.717) is 5.92 Å². The van der Waals surface area contributed by atoms with Crippen LogP contribution in [0.2, 0.25) is 0 Å². The lowest BCUT2D eigenvalue weighted by Gasteiger charge is -2.22. The average Bonchev–Trinajstić information content (AvgIpc) is 3.22. The Hall–Kier alpha value is -1.53. The number of thiazole rings is 1. The highest BCUT2D eigenvalue weighted by Crippen LogP contribution is 2.34. The zero-order valence-electron chi connectivity index (χ0n) is 14.6. The lowest BCUT2D eigenvalue weighted by Crippen LogP contribution is -2.29. The Morgan fingerprint density at radius 1 is 1.12 bits per heavy atom. The second kappa shape index (κ2) is 6.41. The lowest BCUT2D eigenvalue weighted by atomic mass is 10.0. The molecule has 5 nitrogen and oxygen atoms in total. The SMILES string of the molecule is Cc1ncc(CN2CC3CN(c4cc(C(C)C)ncn4)CC3C2)s1. The Morgan fingerprint density at radius 3 is 2.50 bits per heavy atom. The number of anilines is 1. The van der Waals surface area contributed by atoms with E-state index in [9.17, 15) is 0 Å². The fraction of sp³-hybridized carbons (Fsp3) is 0.611. The molecule has 2 aliphatic heterocycles. The van der Waals surface area contributed by atoms with E-state index < -0.39 is 0 Å². The van der Waals surface area contributed by atoms with Crippen LogP contribution in [-0.2, 0) is 6.54 Å². The van der Waals surface area contributed by atoms with Crippen molar-refractivity contribution < 1.29 is 0 Å². The van der Waals surface area contributed by atoms with Crippen molar-refractivity contribution in [1.29, 1.82) is 0 Å². The van der Waals surface area contributed by atoms with Crippen LogP contribution in [0.15, 0.2) is 18.6 Å². The fourth-order valence-electron chi connectivity index (χ4n) is 3.96. The van der Waals surface area contributed by atoms with Gasteiger partial charge >= 0.3 is 0 Å². The summed E-state index contributed by atoms with van der Waals surface area (Å²) < 4.78 is 0. The summed E-state index contributed by atoms with van der Waals surface area (Å²) in [5.74, 6) is 3.08. The van der Waals surface area contributed by atoms with Gasteiger partial charge in [0.15, 0.2) is 0 Å². The van der Waals surface area contributed by atoms with Crippen molar-refractivity contribution in [1.82, 2.24) is 19.9 Å². The van der Waals surface area contributed by atoms with Crippen molar-refractivity contribution in [3.05, 3.63) is 34.2 Å². The zero-order chi connectivity index (χ0) is 16.7. The van der Waals surface area contributed by atoms with Crippen LogP contribution in [0.5, 0.6) is 0 Å². The summed E-state index contributed by atoms with van der Waals surface area (Å²) >= 11 is 1.82. The van der Waals surface area contributed by atoms with Gasteiger partial charge in [-0.15, -0.1) is 11.3 Å². The standard InChI is InChI=1S/C18H25N5S/c1-12(2)17-4-18(21-11-20-17)23-8-14-6-22(7-15(14)9-23)10-16-5-19-13(3)24-16/h4-5,11-12,14-15H,6-10H2,1-3H3. The highest BCUT2D eigenvalue weighted by molar-refractivity contribution is 7.11. The van der Waals surface area contributed by atoms with Crippen LogP contribution >= 0.6 is 11.3 Å². The Balaban J connectivity index is 1.38. The molecule has 2 atom stereocenters. The third-order valence-electron chi connectivity index (χ3n) is 5.20. The summed E-state index contributed by atoms with van der Waals surface area (Å²) in [6, 6.07) is 2.17. The normalized spacial score (nSPS) is 24.1. The van der Waals surface area contributed by atoms with Crippen LogP contribution in [0, 0.1) is 18.8 Å². The maximum absolute atomic E-state index is 4.52. The molecule has 0 saturated carbocycles. The van der Waals surface area contributed by atoms with Gasteiger partial charge in [0.05, 0.1) is 5.01 Å². The molecule has 2 aliphatic rings. The molecular formula is C18H25N5S. The minimum Gasteiger partial charge on any atom is -0.356 e. The Morgan fingerprint density at radius 2 is 1.88 bits per heavy atom. The highest BCUT2D eigenvalue weighted by Gasteiger charge is 2.40. The second-order valence-electron chi connectivity index (χ2n) is 7.42. The van der Waals surface area contributed by atoms with Gasteiger partial charge in [-0.3, -0.25) is 4.90 Å². The quantitative estimate of drug-likeness (QED) is 0.854. The number of hydrogen-bond acceptors (Lipinski definition) is 6. The lowest BCUT2D eigenvalue weighted by molar-refractivity contribution is 0.311. The number of likely N-dealkylation sites (tertiary alicyclic amines) is 1. The predicted octanol–water partition coefficient (Wildman–Crippen LogP) is 2.93. The first kappa shape index (κ1) is 16.0. The third-order valence-corrected chi connectivity index (χ3v) is 6.10. The van der Waals surface area contributed by atoms with Crippen molar-refractivity contribution in [2.75, 3.05) is 31.1 Å². The highest BCUT2D eigenvalue weighted by atomic mass is 32.1. The first-order valence-electron chi connectivity index (χ1n) is 8.79. The molecule has 2 fully saturated rings. The van der Waals surface area contributed by atoms with Crippen LogP contribution in [0.4, 0.5) is 5.82 Å². The molecule has 0 N–H and O–H groups in total. The summed E-state index contributed by atoms with van der Waals surface area (Å²) in [5.41, 5.74) is 1.14. The van der Waals surface area contributed by atoms with Crippen molar-refractivity contribution in [2.45, 2.75) is 33.2 Å². The van der Waals surface area contributed by atoms with Gasteiger partial charge < -0.3 is 4.90 Å². The number of hydrogen-bond donors (Lipinski definition) is 0. The fourth-order valence-corrected chi connectivity index (χ4v) is 4.79. The third kappa shape index (κ3) is 3.17. The Kier molecular flexibility index (Phi) is 4.26. The van der Waals surface area contributed by atoms with Gasteiger partial charge in [0.1, 0.15) is 12.1 Å². The molecule has 2 aromatic heterocycles. The van der Waals surface area contributed by atoms with Crippen molar-refractivity contribution >= 4 is 17.2 Å². The van der Waals surface area contributed by atoms with Crippen LogP contribution in [0.1, 0.15) is 35.3 Å². The molecule has 4 heterocycles. The Bertz CT molecular complexity index is 699.